The third-order valence-corrected chi connectivity index (χ3v) is 5.01. The summed E-state index contributed by atoms with van der Waals surface area (Å²) in [6, 6.07) is 12.9. The molecule has 28 heavy (non-hydrogen) atoms. The fraction of sp³-hybridized carbons (Fsp3) is 0.167. The molecule has 0 aliphatic rings. The van der Waals surface area contributed by atoms with Gasteiger partial charge in [-0.2, -0.15) is 0 Å². The van der Waals surface area contributed by atoms with Crippen LogP contribution < -0.4 is 15.4 Å². The number of pyridine rings is 1. The Morgan fingerprint density at radius 2 is 1.61 bits per heavy atom. The van der Waals surface area contributed by atoms with Crippen molar-refractivity contribution in [2.24, 2.45) is 0 Å². The second-order valence-corrected chi connectivity index (χ2v) is 7.64. The third kappa shape index (κ3) is 5.96. The van der Waals surface area contributed by atoms with E-state index < -0.39 is 21.6 Å². The van der Waals surface area contributed by atoms with Crippen molar-refractivity contribution in [3.05, 3.63) is 72.3 Å². The fourth-order valence-corrected chi connectivity index (χ4v) is 3.50. The fourth-order valence-electron chi connectivity index (χ4n) is 2.34. The van der Waals surface area contributed by atoms with Crippen LogP contribution in [0.5, 0.6) is 0 Å². The van der Waals surface area contributed by atoms with Gasteiger partial charge in [0.1, 0.15) is 11.6 Å². The van der Waals surface area contributed by atoms with E-state index >= 15 is 0 Å². The van der Waals surface area contributed by atoms with E-state index in [9.17, 15) is 12.8 Å². The summed E-state index contributed by atoms with van der Waals surface area (Å²) in [5.74, 6) is 0.132. The van der Waals surface area contributed by atoms with Crippen molar-refractivity contribution in [3.8, 4) is 0 Å². The molecule has 0 aliphatic carbocycles. The van der Waals surface area contributed by atoms with Crippen LogP contribution in [0.2, 0.25) is 0 Å². The second-order valence-electron chi connectivity index (χ2n) is 5.84. The summed E-state index contributed by atoms with van der Waals surface area (Å²) in [4.78, 5) is 3.93. The number of rotatable bonds is 9. The van der Waals surface area contributed by atoms with E-state index in [4.69, 9.17) is 0 Å². The van der Waals surface area contributed by atoms with Gasteiger partial charge in [-0.15, -0.1) is 10.2 Å². The van der Waals surface area contributed by atoms with E-state index in [1.165, 1.54) is 18.2 Å². The molecule has 0 atom stereocenters. The molecule has 0 saturated heterocycles. The molecule has 146 valence electrons. The molecule has 2 aromatic heterocycles. The Kier molecular flexibility index (Phi) is 6.45. The number of nitrogens with zero attached hydrogens (tertiary/aromatic N) is 3. The van der Waals surface area contributed by atoms with Crippen molar-refractivity contribution in [2.75, 3.05) is 23.7 Å². The zero-order chi connectivity index (χ0) is 19.8. The highest BCUT2D eigenvalue weighted by Gasteiger charge is 2.13. The van der Waals surface area contributed by atoms with Crippen molar-refractivity contribution in [1.29, 1.82) is 0 Å². The molecular weight excluding hydrogens is 383 g/mol. The van der Waals surface area contributed by atoms with Crippen LogP contribution in [-0.4, -0.2) is 36.7 Å². The van der Waals surface area contributed by atoms with Crippen LogP contribution in [0.25, 0.3) is 0 Å². The van der Waals surface area contributed by atoms with Gasteiger partial charge in [0.05, 0.1) is 5.75 Å². The summed E-state index contributed by atoms with van der Waals surface area (Å²) in [6.07, 6.45) is 3.33. The van der Waals surface area contributed by atoms with Crippen molar-refractivity contribution in [1.82, 2.24) is 19.9 Å². The summed E-state index contributed by atoms with van der Waals surface area (Å²) in [6.45, 7) is 0.442. The lowest BCUT2D eigenvalue weighted by atomic mass is 10.2. The number of halogens is 1. The van der Waals surface area contributed by atoms with Gasteiger partial charge in [0.15, 0.2) is 5.82 Å². The Bertz CT molecular complexity index is 1000. The number of benzene rings is 1. The standard InChI is InChI=1S/C18H19FN6O2S/c19-16-4-2-1-3-14(16)13-28(26,27)22-12-11-21-17-5-6-18(25-24-17)23-15-7-9-20-10-8-15/h1-10,22H,11-13H2,(H,21,24)(H,20,23,25). The van der Waals surface area contributed by atoms with Gasteiger partial charge in [-0.25, -0.2) is 17.5 Å². The van der Waals surface area contributed by atoms with E-state index in [0.717, 1.165) is 5.69 Å². The lowest BCUT2D eigenvalue weighted by Crippen LogP contribution is -2.30. The number of nitrogens with one attached hydrogen (secondary N) is 3. The van der Waals surface area contributed by atoms with Crippen LogP contribution in [-0.2, 0) is 15.8 Å². The third-order valence-electron chi connectivity index (χ3n) is 3.67. The van der Waals surface area contributed by atoms with E-state index in [-0.39, 0.29) is 12.1 Å². The normalized spacial score (nSPS) is 11.2. The highest BCUT2D eigenvalue weighted by molar-refractivity contribution is 7.88. The maximum atomic E-state index is 13.6. The maximum Gasteiger partial charge on any atom is 0.215 e. The smallest absolute Gasteiger partial charge is 0.215 e. The van der Waals surface area contributed by atoms with Crippen LogP contribution in [0.15, 0.2) is 60.9 Å². The topological polar surface area (TPSA) is 109 Å². The summed E-state index contributed by atoms with van der Waals surface area (Å²) < 4.78 is 40.1. The van der Waals surface area contributed by atoms with Crippen molar-refractivity contribution < 1.29 is 12.8 Å². The van der Waals surface area contributed by atoms with Gasteiger partial charge in [-0.3, -0.25) is 4.98 Å². The number of hydrogen-bond acceptors (Lipinski definition) is 7. The van der Waals surface area contributed by atoms with Gasteiger partial charge in [0, 0.05) is 36.7 Å². The van der Waals surface area contributed by atoms with Gasteiger partial charge in [0.25, 0.3) is 0 Å². The van der Waals surface area contributed by atoms with Gasteiger partial charge < -0.3 is 10.6 Å². The molecule has 0 aliphatic heterocycles. The molecule has 0 bridgehead atoms. The van der Waals surface area contributed by atoms with Gasteiger partial charge in [-0.05, 0) is 30.3 Å². The highest BCUT2D eigenvalue weighted by atomic mass is 32.2. The quantitative estimate of drug-likeness (QED) is 0.471. The molecule has 0 spiro atoms. The van der Waals surface area contributed by atoms with E-state index in [2.05, 4.69) is 30.5 Å². The second kappa shape index (κ2) is 9.20. The largest absolute Gasteiger partial charge is 0.367 e. The molecule has 0 unspecified atom stereocenters. The SMILES string of the molecule is O=S(=O)(Cc1ccccc1F)NCCNc1ccc(Nc2ccncc2)nn1. The van der Waals surface area contributed by atoms with E-state index in [1.54, 1.807) is 42.7 Å². The molecule has 0 saturated carbocycles. The van der Waals surface area contributed by atoms with Crippen molar-refractivity contribution in [3.63, 3.8) is 0 Å². The summed E-state index contributed by atoms with van der Waals surface area (Å²) >= 11 is 0. The molecule has 10 heteroatoms. The predicted molar refractivity (Wildman–Crippen MR) is 105 cm³/mol. The Labute approximate surface area is 162 Å². The van der Waals surface area contributed by atoms with E-state index in [1.807, 2.05) is 0 Å². The highest BCUT2D eigenvalue weighted by Crippen LogP contribution is 2.13. The van der Waals surface area contributed by atoms with Crippen LogP contribution in [0.1, 0.15) is 5.56 Å². The summed E-state index contributed by atoms with van der Waals surface area (Å²) in [5.41, 5.74) is 0.973. The molecule has 3 N–H and O–H groups in total. The maximum absolute atomic E-state index is 13.6. The average molecular weight is 402 g/mol. The summed E-state index contributed by atoms with van der Waals surface area (Å²) in [7, 11) is -3.63. The van der Waals surface area contributed by atoms with E-state index in [0.29, 0.717) is 18.2 Å². The Morgan fingerprint density at radius 3 is 2.32 bits per heavy atom. The minimum atomic E-state index is -3.63. The van der Waals surface area contributed by atoms with Crippen LogP contribution in [0, 0.1) is 5.82 Å². The number of anilines is 3. The van der Waals surface area contributed by atoms with Crippen LogP contribution in [0.4, 0.5) is 21.7 Å². The molecular formula is C18H19FN6O2S. The van der Waals surface area contributed by atoms with Gasteiger partial charge >= 0.3 is 0 Å². The first-order chi connectivity index (χ1) is 13.5. The minimum absolute atomic E-state index is 0.131. The van der Waals surface area contributed by atoms with Crippen LogP contribution in [0.3, 0.4) is 0 Å². The minimum Gasteiger partial charge on any atom is -0.367 e. The molecule has 0 amide bonds. The Hall–Kier alpha value is -3.11. The molecule has 0 radical (unpaired) electrons. The Balaban J connectivity index is 1.44. The van der Waals surface area contributed by atoms with Crippen LogP contribution >= 0.6 is 0 Å². The average Bonchev–Trinajstić information content (AvgIpc) is 2.69. The first-order valence-electron chi connectivity index (χ1n) is 8.47. The van der Waals surface area contributed by atoms with Crippen molar-refractivity contribution in [2.45, 2.75) is 5.75 Å². The zero-order valence-corrected chi connectivity index (χ0v) is 15.7. The first kappa shape index (κ1) is 19.6. The molecule has 1 aromatic carbocycles. The number of aromatic nitrogens is 3. The number of sulfonamides is 1. The lowest BCUT2D eigenvalue weighted by Gasteiger charge is -2.09. The van der Waals surface area contributed by atoms with Crippen molar-refractivity contribution >= 4 is 27.3 Å². The first-order valence-corrected chi connectivity index (χ1v) is 10.1. The zero-order valence-electron chi connectivity index (χ0n) is 14.8. The molecule has 0 fully saturated rings. The molecule has 3 rings (SSSR count). The van der Waals surface area contributed by atoms with Gasteiger partial charge in [0.2, 0.25) is 10.0 Å². The predicted octanol–water partition coefficient (Wildman–Crippen LogP) is 2.29. The molecule has 8 nitrogen and oxygen atoms in total. The Morgan fingerprint density at radius 1 is 0.893 bits per heavy atom. The monoisotopic (exact) mass is 402 g/mol. The summed E-state index contributed by atoms with van der Waals surface area (Å²) in [5, 5.41) is 14.1. The van der Waals surface area contributed by atoms with Gasteiger partial charge in [-0.1, -0.05) is 18.2 Å². The molecule has 3 aromatic rings. The molecule has 2 heterocycles. The number of hydrogen-bond donors (Lipinski definition) is 3. The lowest BCUT2D eigenvalue weighted by molar-refractivity contribution is 0.575.